The summed E-state index contributed by atoms with van der Waals surface area (Å²) in [5.41, 5.74) is 8.34. The van der Waals surface area contributed by atoms with Gasteiger partial charge in [-0.1, -0.05) is 60.7 Å². The molecule has 4 heteroatoms. The summed E-state index contributed by atoms with van der Waals surface area (Å²) < 4.78 is 5.45. The first-order chi connectivity index (χ1) is 11.2. The Balaban J connectivity index is 1.76. The maximum absolute atomic E-state index is 12.8. The maximum Gasteiger partial charge on any atom is 0.256 e. The van der Waals surface area contributed by atoms with Gasteiger partial charge in [-0.05, 0) is 11.1 Å². The number of benzene rings is 2. The van der Waals surface area contributed by atoms with Gasteiger partial charge in [-0.3, -0.25) is 4.79 Å². The minimum absolute atomic E-state index is 0.0208. The van der Waals surface area contributed by atoms with E-state index in [4.69, 9.17) is 10.5 Å². The number of ether oxygens (including phenoxy) is 1. The highest BCUT2D eigenvalue weighted by Gasteiger charge is 2.36. The molecule has 120 valence electrons. The Morgan fingerprint density at radius 3 is 2.30 bits per heavy atom. The summed E-state index contributed by atoms with van der Waals surface area (Å²) in [5, 5.41) is 0. The van der Waals surface area contributed by atoms with E-state index in [1.165, 1.54) is 5.56 Å². The average molecular weight is 310 g/mol. The molecule has 23 heavy (non-hydrogen) atoms. The van der Waals surface area contributed by atoms with E-state index in [0.29, 0.717) is 13.1 Å². The van der Waals surface area contributed by atoms with Gasteiger partial charge in [0.1, 0.15) is 0 Å². The lowest BCUT2D eigenvalue weighted by molar-refractivity contribution is -0.141. The zero-order valence-corrected chi connectivity index (χ0v) is 13.3. The van der Waals surface area contributed by atoms with Crippen molar-refractivity contribution in [3.05, 3.63) is 71.8 Å². The van der Waals surface area contributed by atoms with E-state index in [9.17, 15) is 4.79 Å². The number of likely N-dealkylation sites (tertiary alicyclic amines) is 1. The van der Waals surface area contributed by atoms with Gasteiger partial charge in [0.25, 0.3) is 5.91 Å². The smallest absolute Gasteiger partial charge is 0.256 e. The molecule has 0 aromatic heterocycles. The fraction of sp³-hybridized carbons (Fsp3) is 0.316. The number of amides is 1. The van der Waals surface area contributed by atoms with Gasteiger partial charge in [-0.25, -0.2) is 0 Å². The second-order valence-electron chi connectivity index (χ2n) is 5.95. The van der Waals surface area contributed by atoms with Crippen LogP contribution >= 0.6 is 0 Å². The highest BCUT2D eigenvalue weighted by molar-refractivity contribution is 5.82. The number of nitrogens with zero attached hydrogens (tertiary/aromatic N) is 1. The van der Waals surface area contributed by atoms with E-state index in [2.05, 4.69) is 12.1 Å². The third-order valence-electron chi connectivity index (χ3n) is 4.47. The predicted molar refractivity (Wildman–Crippen MR) is 89.9 cm³/mol. The maximum atomic E-state index is 12.8. The molecular weight excluding hydrogens is 288 g/mol. The summed E-state index contributed by atoms with van der Waals surface area (Å²) in [6.45, 7) is 1.20. The van der Waals surface area contributed by atoms with Crippen LogP contribution < -0.4 is 5.73 Å². The van der Waals surface area contributed by atoms with Gasteiger partial charge >= 0.3 is 0 Å². The lowest BCUT2D eigenvalue weighted by Crippen LogP contribution is -2.36. The molecule has 2 aromatic carbocycles. The average Bonchev–Trinajstić information content (AvgIpc) is 2.99. The van der Waals surface area contributed by atoms with Crippen molar-refractivity contribution < 1.29 is 9.53 Å². The molecular formula is C19H22N2O2. The van der Waals surface area contributed by atoms with Gasteiger partial charge in [-0.2, -0.15) is 0 Å². The lowest BCUT2D eigenvalue weighted by atomic mass is 9.95. The molecule has 2 aromatic rings. The van der Waals surface area contributed by atoms with Gasteiger partial charge in [-0.15, -0.1) is 0 Å². The first-order valence-electron chi connectivity index (χ1n) is 7.87. The normalized spacial score (nSPS) is 22.1. The number of carbonyl (C=O) groups is 1. The molecule has 4 nitrogen and oxygen atoms in total. The Morgan fingerprint density at radius 2 is 1.70 bits per heavy atom. The molecule has 1 unspecified atom stereocenters. The number of hydrogen-bond acceptors (Lipinski definition) is 3. The standard InChI is InChI=1S/C19H22N2O2/c1-23-18(15-10-6-3-7-11-15)19(22)21-12-16(17(20)13-21)14-8-4-2-5-9-14/h2-11,16-18H,12-13,20H2,1H3/t16-,17+,18?/m0/s1. The van der Waals surface area contributed by atoms with Crippen molar-refractivity contribution in [2.45, 2.75) is 18.1 Å². The quantitative estimate of drug-likeness (QED) is 0.943. The van der Waals surface area contributed by atoms with E-state index >= 15 is 0 Å². The van der Waals surface area contributed by atoms with Crippen LogP contribution in [0.15, 0.2) is 60.7 Å². The molecule has 1 heterocycles. The Bertz CT molecular complexity index is 645. The molecule has 3 atom stereocenters. The molecule has 1 amide bonds. The summed E-state index contributed by atoms with van der Waals surface area (Å²) in [4.78, 5) is 14.7. The Kier molecular flexibility index (Phi) is 4.74. The van der Waals surface area contributed by atoms with Crippen molar-refractivity contribution in [3.8, 4) is 0 Å². The number of rotatable bonds is 4. The van der Waals surface area contributed by atoms with Gasteiger partial charge in [0.05, 0.1) is 0 Å². The molecule has 3 rings (SSSR count). The number of nitrogens with two attached hydrogens (primary N) is 1. The van der Waals surface area contributed by atoms with Crippen molar-refractivity contribution in [2.75, 3.05) is 20.2 Å². The van der Waals surface area contributed by atoms with E-state index in [0.717, 1.165) is 5.56 Å². The lowest BCUT2D eigenvalue weighted by Gasteiger charge is -2.23. The van der Waals surface area contributed by atoms with Crippen molar-refractivity contribution in [3.63, 3.8) is 0 Å². The zero-order valence-electron chi connectivity index (χ0n) is 13.3. The topological polar surface area (TPSA) is 55.6 Å². The van der Waals surface area contributed by atoms with Crippen molar-refractivity contribution in [1.29, 1.82) is 0 Å². The third kappa shape index (κ3) is 3.28. The van der Waals surface area contributed by atoms with Gasteiger partial charge in [0.15, 0.2) is 6.10 Å². The highest BCUT2D eigenvalue weighted by atomic mass is 16.5. The number of carbonyl (C=O) groups excluding carboxylic acids is 1. The second-order valence-corrected chi connectivity index (χ2v) is 5.95. The second kappa shape index (κ2) is 6.94. The minimum atomic E-state index is -0.571. The Hall–Kier alpha value is -2.17. The molecule has 0 aliphatic carbocycles. The van der Waals surface area contributed by atoms with Crippen LogP contribution in [0, 0.1) is 0 Å². The number of methoxy groups -OCH3 is 1. The van der Waals surface area contributed by atoms with E-state index in [1.54, 1.807) is 7.11 Å². The zero-order chi connectivity index (χ0) is 16.2. The first-order valence-corrected chi connectivity index (χ1v) is 7.87. The van der Waals surface area contributed by atoms with E-state index < -0.39 is 6.10 Å². The van der Waals surface area contributed by atoms with Crippen LogP contribution in [0.2, 0.25) is 0 Å². The van der Waals surface area contributed by atoms with Crippen LogP contribution in [0.3, 0.4) is 0 Å². The molecule has 1 aliphatic heterocycles. The Morgan fingerprint density at radius 1 is 1.09 bits per heavy atom. The SMILES string of the molecule is COC(C(=O)N1C[C@@H](N)[C@H](c2ccccc2)C1)c1ccccc1. The van der Waals surface area contributed by atoms with Crippen LogP contribution in [0.4, 0.5) is 0 Å². The van der Waals surface area contributed by atoms with Crippen LogP contribution in [-0.4, -0.2) is 37.0 Å². The molecule has 1 fully saturated rings. The molecule has 0 bridgehead atoms. The molecule has 0 radical (unpaired) electrons. The first kappa shape index (κ1) is 15.7. The predicted octanol–water partition coefficient (Wildman–Crippen LogP) is 2.33. The van der Waals surface area contributed by atoms with Gasteiger partial charge in [0, 0.05) is 32.2 Å². The molecule has 1 aliphatic rings. The van der Waals surface area contributed by atoms with Crippen molar-refractivity contribution >= 4 is 5.91 Å². The van der Waals surface area contributed by atoms with E-state index in [-0.39, 0.29) is 17.9 Å². The van der Waals surface area contributed by atoms with Crippen LogP contribution in [0.25, 0.3) is 0 Å². The summed E-state index contributed by atoms with van der Waals surface area (Å²) in [6, 6.07) is 19.7. The van der Waals surface area contributed by atoms with E-state index in [1.807, 2.05) is 53.4 Å². The van der Waals surface area contributed by atoms with Crippen LogP contribution in [0.5, 0.6) is 0 Å². The molecule has 0 spiro atoms. The highest BCUT2D eigenvalue weighted by Crippen LogP contribution is 2.29. The van der Waals surface area contributed by atoms with Crippen LogP contribution in [-0.2, 0) is 9.53 Å². The minimum Gasteiger partial charge on any atom is -0.367 e. The van der Waals surface area contributed by atoms with Crippen LogP contribution in [0.1, 0.15) is 23.1 Å². The molecule has 2 N–H and O–H groups in total. The van der Waals surface area contributed by atoms with Crippen molar-refractivity contribution in [1.82, 2.24) is 4.90 Å². The summed E-state index contributed by atoms with van der Waals surface area (Å²) >= 11 is 0. The third-order valence-corrected chi connectivity index (χ3v) is 4.47. The fourth-order valence-corrected chi connectivity index (χ4v) is 3.23. The molecule has 0 saturated carbocycles. The fourth-order valence-electron chi connectivity index (χ4n) is 3.23. The van der Waals surface area contributed by atoms with Gasteiger partial charge in [0.2, 0.25) is 0 Å². The summed E-state index contributed by atoms with van der Waals surface area (Å²) in [6.07, 6.45) is -0.571. The Labute approximate surface area is 136 Å². The number of hydrogen-bond donors (Lipinski definition) is 1. The largest absolute Gasteiger partial charge is 0.367 e. The summed E-state index contributed by atoms with van der Waals surface area (Å²) in [7, 11) is 1.57. The van der Waals surface area contributed by atoms with Crippen molar-refractivity contribution in [2.24, 2.45) is 5.73 Å². The van der Waals surface area contributed by atoms with Gasteiger partial charge < -0.3 is 15.4 Å². The molecule has 1 saturated heterocycles. The monoisotopic (exact) mass is 310 g/mol. The summed E-state index contributed by atoms with van der Waals surface area (Å²) in [5.74, 6) is 0.154.